The molecule has 3 heterocycles. The summed E-state index contributed by atoms with van der Waals surface area (Å²) in [6.45, 7) is 2.70. The Morgan fingerprint density at radius 3 is 3.15 bits per heavy atom. The molecule has 0 saturated carbocycles. The Kier molecular flexibility index (Phi) is 3.17. The van der Waals surface area contributed by atoms with Gasteiger partial charge in [-0.05, 0) is 36.4 Å². The maximum absolute atomic E-state index is 13.2. The molecule has 0 amide bonds. The number of thiophene rings is 1. The number of rotatable bonds is 2. The van der Waals surface area contributed by atoms with E-state index in [1.165, 1.54) is 10.4 Å². The molecule has 6 heteroatoms. The molecule has 2 aromatic heterocycles. The van der Waals surface area contributed by atoms with E-state index in [1.807, 2.05) is 17.2 Å². The number of hydrogen-bond acceptors (Lipinski definition) is 4. The molecule has 20 heavy (non-hydrogen) atoms. The molecule has 1 aliphatic rings. The van der Waals surface area contributed by atoms with E-state index in [-0.39, 0.29) is 11.6 Å². The van der Waals surface area contributed by atoms with Crippen molar-refractivity contribution in [1.82, 2.24) is 4.98 Å². The predicted octanol–water partition coefficient (Wildman–Crippen LogP) is 3.10. The van der Waals surface area contributed by atoms with Crippen LogP contribution in [0.2, 0.25) is 0 Å². The molecule has 1 aliphatic heterocycles. The van der Waals surface area contributed by atoms with Crippen LogP contribution < -0.4 is 4.90 Å². The Morgan fingerprint density at radius 1 is 1.60 bits per heavy atom. The molecule has 2 aromatic rings. The molecule has 0 fully saturated rings. The third-order valence-electron chi connectivity index (χ3n) is 3.61. The lowest BCUT2D eigenvalue weighted by molar-refractivity contribution is 0.0696. The Bertz CT molecular complexity index is 671. The first-order chi connectivity index (χ1) is 9.58. The van der Waals surface area contributed by atoms with Crippen LogP contribution in [0.1, 0.15) is 33.8 Å². The number of aromatic nitrogens is 1. The zero-order valence-electron chi connectivity index (χ0n) is 10.8. The van der Waals surface area contributed by atoms with Crippen LogP contribution in [0.3, 0.4) is 0 Å². The van der Waals surface area contributed by atoms with E-state index in [4.69, 9.17) is 0 Å². The number of halogens is 1. The summed E-state index contributed by atoms with van der Waals surface area (Å²) >= 11 is 1.72. The number of carbonyl (C=O) groups is 1. The van der Waals surface area contributed by atoms with Crippen LogP contribution in [0.4, 0.5) is 10.2 Å². The highest BCUT2D eigenvalue weighted by Crippen LogP contribution is 2.36. The summed E-state index contributed by atoms with van der Waals surface area (Å²) in [7, 11) is 0. The van der Waals surface area contributed by atoms with Crippen LogP contribution in [-0.4, -0.2) is 22.6 Å². The van der Waals surface area contributed by atoms with Crippen molar-refractivity contribution in [2.45, 2.75) is 19.4 Å². The molecule has 1 atom stereocenters. The second kappa shape index (κ2) is 4.86. The average molecular weight is 292 g/mol. The maximum Gasteiger partial charge on any atom is 0.339 e. The van der Waals surface area contributed by atoms with Crippen LogP contribution in [-0.2, 0) is 6.42 Å². The smallest absolute Gasteiger partial charge is 0.339 e. The maximum atomic E-state index is 13.2. The van der Waals surface area contributed by atoms with Gasteiger partial charge in [-0.3, -0.25) is 0 Å². The van der Waals surface area contributed by atoms with Gasteiger partial charge in [0.15, 0.2) is 0 Å². The lowest BCUT2D eigenvalue weighted by Crippen LogP contribution is -2.35. The summed E-state index contributed by atoms with van der Waals surface area (Å²) in [5.74, 6) is -1.45. The van der Waals surface area contributed by atoms with E-state index in [0.717, 1.165) is 18.7 Å². The Labute approximate surface area is 119 Å². The van der Waals surface area contributed by atoms with Gasteiger partial charge in [0.05, 0.1) is 12.2 Å². The largest absolute Gasteiger partial charge is 0.478 e. The van der Waals surface area contributed by atoms with Crippen LogP contribution in [0, 0.1) is 5.82 Å². The number of carboxylic acid groups (broad SMARTS) is 1. The fourth-order valence-electron chi connectivity index (χ4n) is 2.62. The molecular weight excluding hydrogens is 279 g/mol. The summed E-state index contributed by atoms with van der Waals surface area (Å²) < 4.78 is 13.2. The SMILES string of the molecule is CC1c2ccsc2CCN1c1ncc(F)cc1C(=O)O. The fraction of sp³-hybridized carbons (Fsp3) is 0.286. The lowest BCUT2D eigenvalue weighted by Gasteiger charge is -2.35. The minimum Gasteiger partial charge on any atom is -0.478 e. The first kappa shape index (κ1) is 13.1. The lowest BCUT2D eigenvalue weighted by atomic mass is 10.0. The van der Waals surface area contributed by atoms with Crippen molar-refractivity contribution in [2.75, 3.05) is 11.4 Å². The second-order valence-electron chi connectivity index (χ2n) is 4.75. The molecule has 1 N–H and O–H groups in total. The number of anilines is 1. The van der Waals surface area contributed by atoms with Gasteiger partial charge in [-0.1, -0.05) is 0 Å². The van der Waals surface area contributed by atoms with Gasteiger partial charge in [-0.25, -0.2) is 14.2 Å². The van der Waals surface area contributed by atoms with E-state index < -0.39 is 11.8 Å². The van der Waals surface area contributed by atoms with Crippen molar-refractivity contribution in [3.8, 4) is 0 Å². The average Bonchev–Trinajstić information content (AvgIpc) is 2.89. The number of hydrogen-bond donors (Lipinski definition) is 1. The van der Waals surface area contributed by atoms with Gasteiger partial charge < -0.3 is 10.0 Å². The number of carboxylic acids is 1. The van der Waals surface area contributed by atoms with Gasteiger partial charge in [0, 0.05) is 11.4 Å². The second-order valence-corrected chi connectivity index (χ2v) is 5.75. The van der Waals surface area contributed by atoms with Gasteiger partial charge in [0.25, 0.3) is 0 Å². The highest BCUT2D eigenvalue weighted by atomic mass is 32.1. The van der Waals surface area contributed by atoms with E-state index in [2.05, 4.69) is 11.1 Å². The molecule has 4 nitrogen and oxygen atoms in total. The molecule has 0 aromatic carbocycles. The Balaban J connectivity index is 2.04. The molecular formula is C14H13FN2O2S. The number of aromatic carboxylic acids is 1. The predicted molar refractivity (Wildman–Crippen MR) is 74.9 cm³/mol. The van der Waals surface area contributed by atoms with Gasteiger partial charge in [-0.2, -0.15) is 0 Å². The normalized spacial score (nSPS) is 17.9. The minimum atomic E-state index is -1.16. The van der Waals surface area contributed by atoms with Crippen molar-refractivity contribution < 1.29 is 14.3 Å². The quantitative estimate of drug-likeness (QED) is 0.924. The fourth-order valence-corrected chi connectivity index (χ4v) is 3.58. The standard InChI is InChI=1S/C14H13FN2O2S/c1-8-10-3-5-20-12(10)2-4-17(8)13-11(14(18)19)6-9(15)7-16-13/h3,5-8H,2,4H2,1H3,(H,18,19). The zero-order chi connectivity index (χ0) is 14.3. The monoisotopic (exact) mass is 292 g/mol. The van der Waals surface area contributed by atoms with Crippen molar-refractivity contribution >= 4 is 23.1 Å². The first-order valence-corrected chi connectivity index (χ1v) is 7.17. The number of fused-ring (bicyclic) bond motifs is 1. The highest BCUT2D eigenvalue weighted by molar-refractivity contribution is 7.10. The summed E-state index contributed by atoms with van der Waals surface area (Å²) in [6, 6.07) is 3.13. The molecule has 0 aliphatic carbocycles. The van der Waals surface area contributed by atoms with E-state index in [0.29, 0.717) is 12.4 Å². The zero-order valence-corrected chi connectivity index (χ0v) is 11.7. The topological polar surface area (TPSA) is 53.4 Å². The van der Waals surface area contributed by atoms with Gasteiger partial charge >= 0.3 is 5.97 Å². The van der Waals surface area contributed by atoms with E-state index in [1.54, 1.807) is 11.3 Å². The van der Waals surface area contributed by atoms with Gasteiger partial charge in [0.1, 0.15) is 17.2 Å². The van der Waals surface area contributed by atoms with Crippen LogP contribution in [0.5, 0.6) is 0 Å². The third kappa shape index (κ3) is 2.06. The molecule has 1 unspecified atom stereocenters. The molecule has 0 saturated heterocycles. The van der Waals surface area contributed by atoms with Gasteiger partial charge in [0.2, 0.25) is 0 Å². The molecule has 0 radical (unpaired) electrons. The molecule has 0 spiro atoms. The van der Waals surface area contributed by atoms with Crippen LogP contribution in [0.15, 0.2) is 23.7 Å². The van der Waals surface area contributed by atoms with Crippen molar-refractivity contribution in [2.24, 2.45) is 0 Å². The molecule has 104 valence electrons. The highest BCUT2D eigenvalue weighted by Gasteiger charge is 2.28. The van der Waals surface area contributed by atoms with Crippen molar-refractivity contribution in [3.05, 3.63) is 45.5 Å². The third-order valence-corrected chi connectivity index (χ3v) is 4.61. The summed E-state index contributed by atoms with van der Waals surface area (Å²) in [6.07, 6.45) is 1.92. The first-order valence-electron chi connectivity index (χ1n) is 6.29. The molecule has 0 bridgehead atoms. The van der Waals surface area contributed by atoms with Crippen molar-refractivity contribution in [1.29, 1.82) is 0 Å². The number of nitrogens with zero attached hydrogens (tertiary/aromatic N) is 2. The Morgan fingerprint density at radius 2 is 2.40 bits per heavy atom. The van der Waals surface area contributed by atoms with E-state index in [9.17, 15) is 14.3 Å². The minimum absolute atomic E-state index is 0.0426. The Hall–Kier alpha value is -1.95. The number of pyridine rings is 1. The van der Waals surface area contributed by atoms with Crippen molar-refractivity contribution in [3.63, 3.8) is 0 Å². The molecule has 3 rings (SSSR count). The summed E-state index contributed by atoms with van der Waals surface area (Å²) in [5.41, 5.74) is 1.11. The van der Waals surface area contributed by atoms with Crippen LogP contribution >= 0.6 is 11.3 Å². The summed E-state index contributed by atoms with van der Waals surface area (Å²) in [4.78, 5) is 18.5. The van der Waals surface area contributed by atoms with E-state index >= 15 is 0 Å². The van der Waals surface area contributed by atoms with Gasteiger partial charge in [-0.15, -0.1) is 11.3 Å². The van der Waals surface area contributed by atoms with Crippen LogP contribution in [0.25, 0.3) is 0 Å². The summed E-state index contributed by atoms with van der Waals surface area (Å²) in [5, 5.41) is 11.3.